The topological polar surface area (TPSA) is 75.1 Å². The second-order valence-electron chi connectivity index (χ2n) is 6.61. The van der Waals surface area contributed by atoms with Crippen molar-refractivity contribution in [3.8, 4) is 11.5 Å². The van der Waals surface area contributed by atoms with Gasteiger partial charge in [0.25, 0.3) is 0 Å². The summed E-state index contributed by atoms with van der Waals surface area (Å²) in [6.07, 6.45) is 4.84. The Hall–Kier alpha value is -1.95. The van der Waals surface area contributed by atoms with Gasteiger partial charge >= 0.3 is 0 Å². The van der Waals surface area contributed by atoms with Crippen molar-refractivity contribution in [3.63, 3.8) is 0 Å². The van der Waals surface area contributed by atoms with E-state index in [9.17, 15) is 5.11 Å². The molecule has 0 heterocycles. The second kappa shape index (κ2) is 9.51. The van der Waals surface area contributed by atoms with E-state index in [1.807, 2.05) is 19.1 Å². The predicted octanol–water partition coefficient (Wildman–Crippen LogP) is 2.66. The lowest BCUT2D eigenvalue weighted by atomic mass is 9.67. The van der Waals surface area contributed by atoms with Crippen LogP contribution in [0.4, 0.5) is 0 Å². The molecule has 0 unspecified atom stereocenters. The molecule has 140 valence electrons. The van der Waals surface area contributed by atoms with Crippen molar-refractivity contribution in [1.82, 2.24) is 10.6 Å². The molecule has 0 aromatic heterocycles. The molecule has 1 aromatic rings. The lowest BCUT2D eigenvalue weighted by molar-refractivity contribution is 0.0732. The first kappa shape index (κ1) is 19.4. The average molecular weight is 349 g/mol. The molecule has 6 nitrogen and oxygen atoms in total. The third-order valence-electron chi connectivity index (χ3n) is 4.94. The van der Waals surface area contributed by atoms with Gasteiger partial charge in [-0.15, -0.1) is 0 Å². The number of rotatable bonds is 9. The van der Waals surface area contributed by atoms with Gasteiger partial charge in [-0.3, -0.25) is 0 Å². The van der Waals surface area contributed by atoms with Gasteiger partial charge in [-0.05, 0) is 37.7 Å². The predicted molar refractivity (Wildman–Crippen MR) is 100 cm³/mol. The fourth-order valence-electron chi connectivity index (χ4n) is 3.15. The monoisotopic (exact) mass is 349 g/mol. The number of hydrogen-bond donors (Lipinski definition) is 3. The van der Waals surface area contributed by atoms with E-state index < -0.39 is 0 Å². The molecule has 1 aliphatic carbocycles. The Morgan fingerprint density at radius 2 is 2.08 bits per heavy atom. The van der Waals surface area contributed by atoms with Crippen LogP contribution in [0.25, 0.3) is 0 Å². The standard InChI is InChI=1S/C19H31N3O3/c1-4-20-18(22-14-19(9-6-10-19)11-12-24-2)21-13-15-7-5-8-16(25-3)17(15)23/h5,7-8,23H,4,6,9-14H2,1-3H3,(H2,20,21,22). The SMILES string of the molecule is CCNC(=NCc1cccc(OC)c1O)NCC1(CCOC)CCC1. The molecule has 3 N–H and O–H groups in total. The quantitative estimate of drug-likeness (QED) is 0.472. The number of ether oxygens (including phenoxy) is 2. The van der Waals surface area contributed by atoms with Gasteiger partial charge in [0.05, 0.1) is 13.7 Å². The van der Waals surface area contributed by atoms with Crippen molar-refractivity contribution < 1.29 is 14.6 Å². The molecule has 1 fully saturated rings. The highest BCUT2D eigenvalue weighted by Gasteiger charge is 2.36. The number of phenolic OH excluding ortho intramolecular Hbond substituents is 1. The van der Waals surface area contributed by atoms with E-state index in [1.54, 1.807) is 20.3 Å². The van der Waals surface area contributed by atoms with E-state index >= 15 is 0 Å². The maximum absolute atomic E-state index is 10.2. The van der Waals surface area contributed by atoms with E-state index in [1.165, 1.54) is 19.3 Å². The largest absolute Gasteiger partial charge is 0.504 e. The number of aromatic hydroxyl groups is 1. The Morgan fingerprint density at radius 3 is 2.68 bits per heavy atom. The second-order valence-corrected chi connectivity index (χ2v) is 6.61. The van der Waals surface area contributed by atoms with Gasteiger partial charge in [-0.2, -0.15) is 0 Å². The van der Waals surface area contributed by atoms with Crippen molar-refractivity contribution in [2.24, 2.45) is 10.4 Å². The third kappa shape index (κ3) is 5.26. The molecule has 0 spiro atoms. The fraction of sp³-hybridized carbons (Fsp3) is 0.632. The molecular formula is C19H31N3O3. The summed E-state index contributed by atoms with van der Waals surface area (Å²) < 4.78 is 10.4. The molecule has 1 saturated carbocycles. The number of phenols is 1. The molecule has 2 rings (SSSR count). The number of para-hydroxylation sites is 1. The lowest BCUT2D eigenvalue weighted by Gasteiger charge is -2.42. The van der Waals surface area contributed by atoms with E-state index in [0.717, 1.165) is 37.6 Å². The summed E-state index contributed by atoms with van der Waals surface area (Å²) in [6, 6.07) is 5.46. The molecule has 0 aliphatic heterocycles. The summed E-state index contributed by atoms with van der Waals surface area (Å²) in [5.41, 5.74) is 1.07. The summed E-state index contributed by atoms with van der Waals surface area (Å²) in [7, 11) is 3.30. The molecule has 0 atom stereocenters. The number of benzene rings is 1. The van der Waals surface area contributed by atoms with E-state index in [2.05, 4.69) is 15.6 Å². The van der Waals surface area contributed by atoms with Crippen LogP contribution >= 0.6 is 0 Å². The number of guanidine groups is 1. The molecule has 0 radical (unpaired) electrons. The minimum Gasteiger partial charge on any atom is -0.504 e. The van der Waals surface area contributed by atoms with Crippen molar-refractivity contribution in [3.05, 3.63) is 23.8 Å². The Kier molecular flexibility index (Phi) is 7.37. The molecule has 1 aromatic carbocycles. The minimum atomic E-state index is 0.153. The lowest BCUT2D eigenvalue weighted by Crippen LogP contribution is -2.46. The molecular weight excluding hydrogens is 318 g/mol. The van der Waals surface area contributed by atoms with Crippen LogP contribution in [0.1, 0.15) is 38.2 Å². The van der Waals surface area contributed by atoms with Gasteiger partial charge in [0.15, 0.2) is 17.5 Å². The first-order valence-electron chi connectivity index (χ1n) is 9.00. The maximum Gasteiger partial charge on any atom is 0.191 e. The number of aliphatic imine (C=N–C) groups is 1. The van der Waals surface area contributed by atoms with E-state index in [-0.39, 0.29) is 5.75 Å². The Morgan fingerprint density at radius 1 is 1.28 bits per heavy atom. The van der Waals surface area contributed by atoms with Crippen molar-refractivity contribution in [1.29, 1.82) is 0 Å². The van der Waals surface area contributed by atoms with Gasteiger partial charge in [0.2, 0.25) is 0 Å². The van der Waals surface area contributed by atoms with Crippen LogP contribution in [0.15, 0.2) is 23.2 Å². The average Bonchev–Trinajstić information content (AvgIpc) is 2.59. The summed E-state index contributed by atoms with van der Waals surface area (Å²) in [4.78, 5) is 4.61. The van der Waals surface area contributed by atoms with Crippen molar-refractivity contribution in [2.45, 2.75) is 39.2 Å². The summed E-state index contributed by atoms with van der Waals surface area (Å²) >= 11 is 0. The Bertz CT molecular complexity index is 571. The van der Waals surface area contributed by atoms with Crippen LogP contribution in [-0.4, -0.2) is 45.0 Å². The summed E-state index contributed by atoms with van der Waals surface area (Å²) in [5.74, 6) is 1.40. The number of nitrogens with zero attached hydrogens (tertiary/aromatic N) is 1. The fourth-order valence-corrected chi connectivity index (χ4v) is 3.15. The number of nitrogens with one attached hydrogen (secondary N) is 2. The normalized spacial score (nSPS) is 16.2. The van der Waals surface area contributed by atoms with Crippen LogP contribution in [0, 0.1) is 5.41 Å². The number of methoxy groups -OCH3 is 2. The van der Waals surface area contributed by atoms with Crippen molar-refractivity contribution >= 4 is 5.96 Å². The zero-order valence-electron chi connectivity index (χ0n) is 15.6. The zero-order valence-corrected chi connectivity index (χ0v) is 15.6. The Labute approximate surface area is 150 Å². The molecule has 0 bridgehead atoms. The maximum atomic E-state index is 10.2. The first-order valence-corrected chi connectivity index (χ1v) is 9.00. The van der Waals surface area contributed by atoms with Gasteiger partial charge in [-0.1, -0.05) is 18.6 Å². The minimum absolute atomic E-state index is 0.153. The van der Waals surface area contributed by atoms with Gasteiger partial charge in [0, 0.05) is 32.4 Å². The highest BCUT2D eigenvalue weighted by molar-refractivity contribution is 5.79. The van der Waals surface area contributed by atoms with E-state index in [0.29, 0.717) is 17.7 Å². The smallest absolute Gasteiger partial charge is 0.191 e. The summed E-state index contributed by atoms with van der Waals surface area (Å²) in [5, 5.41) is 16.9. The van der Waals surface area contributed by atoms with Gasteiger partial charge in [0.1, 0.15) is 0 Å². The summed E-state index contributed by atoms with van der Waals surface area (Å²) in [6.45, 7) is 4.92. The van der Waals surface area contributed by atoms with Crippen LogP contribution in [-0.2, 0) is 11.3 Å². The number of hydrogen-bond acceptors (Lipinski definition) is 4. The molecule has 25 heavy (non-hydrogen) atoms. The third-order valence-corrected chi connectivity index (χ3v) is 4.94. The molecule has 6 heteroatoms. The van der Waals surface area contributed by atoms with Crippen molar-refractivity contribution in [2.75, 3.05) is 33.9 Å². The van der Waals surface area contributed by atoms with Crippen LogP contribution < -0.4 is 15.4 Å². The zero-order chi connectivity index (χ0) is 18.1. The highest BCUT2D eigenvalue weighted by atomic mass is 16.5. The van der Waals surface area contributed by atoms with Crippen LogP contribution in [0.5, 0.6) is 11.5 Å². The van der Waals surface area contributed by atoms with Crippen LogP contribution in [0.2, 0.25) is 0 Å². The molecule has 0 amide bonds. The van der Waals surface area contributed by atoms with Gasteiger partial charge in [-0.25, -0.2) is 4.99 Å². The first-order chi connectivity index (χ1) is 12.1. The highest BCUT2D eigenvalue weighted by Crippen LogP contribution is 2.43. The Balaban J connectivity index is 1.98. The molecule has 1 aliphatic rings. The molecule has 0 saturated heterocycles. The van der Waals surface area contributed by atoms with Crippen LogP contribution in [0.3, 0.4) is 0 Å². The van der Waals surface area contributed by atoms with E-state index in [4.69, 9.17) is 9.47 Å². The van der Waals surface area contributed by atoms with Gasteiger partial charge < -0.3 is 25.2 Å².